The van der Waals surface area contributed by atoms with Crippen molar-refractivity contribution < 1.29 is 32.2 Å². The zero-order valence-electron chi connectivity index (χ0n) is 22.9. The van der Waals surface area contributed by atoms with Crippen LogP contribution in [0.25, 0.3) is 11.0 Å². The zero-order valence-corrected chi connectivity index (χ0v) is 23.6. The van der Waals surface area contributed by atoms with Crippen LogP contribution in [0.1, 0.15) is 63.4 Å². The number of nitrogens with zero attached hydrogens (tertiary/aromatic N) is 2. The summed E-state index contributed by atoms with van der Waals surface area (Å²) in [6.45, 7) is 8.15. The summed E-state index contributed by atoms with van der Waals surface area (Å²) < 4.78 is 48.5. The van der Waals surface area contributed by atoms with Crippen molar-refractivity contribution in [1.82, 2.24) is 14.9 Å². The number of aromatic nitrogens is 2. The van der Waals surface area contributed by atoms with Crippen LogP contribution in [0.3, 0.4) is 0 Å². The maximum atomic E-state index is 12.9. The third-order valence-corrected chi connectivity index (χ3v) is 7.31. The maximum Gasteiger partial charge on any atom is 0.573 e. The average molecular weight is 581 g/mol. The van der Waals surface area contributed by atoms with E-state index in [9.17, 15) is 22.8 Å². The van der Waals surface area contributed by atoms with Gasteiger partial charge in [0.15, 0.2) is 0 Å². The number of ether oxygens (including phenoxy) is 2. The molecule has 40 heavy (non-hydrogen) atoms. The van der Waals surface area contributed by atoms with Crippen LogP contribution in [0.2, 0.25) is 5.02 Å². The van der Waals surface area contributed by atoms with Gasteiger partial charge in [0.25, 0.3) is 5.91 Å². The summed E-state index contributed by atoms with van der Waals surface area (Å²) >= 11 is 6.59. The van der Waals surface area contributed by atoms with Gasteiger partial charge in [0.2, 0.25) is 5.95 Å². The lowest BCUT2D eigenvalue weighted by Gasteiger charge is -2.40. The molecular formula is C28H32ClF3N4O4. The molecule has 3 aromatic rings. The van der Waals surface area contributed by atoms with Gasteiger partial charge in [-0.3, -0.25) is 4.79 Å². The summed E-state index contributed by atoms with van der Waals surface area (Å²) in [4.78, 5) is 29.5. The number of carbonyl (C=O) groups is 2. The molecule has 1 unspecified atom stereocenters. The van der Waals surface area contributed by atoms with Crippen LogP contribution in [0.4, 0.5) is 24.8 Å². The molecule has 2 N–H and O–H groups in total. The standard InChI is InChI=1S/C28H32ClF3N4O4/c1-15-10-18(14-27(3,4)13-15)36-23-12-21(29)20(24(37)33-16(2)25(38)39-5)11-22(23)35-26(36)34-17-6-8-19(9-7-17)40-28(30,31)32/h6-9,11-12,15-16,18H,10,13-14H2,1-5H3,(H,33,37)(H,34,35)/t15-,16-,18?/m0/s1. The molecule has 0 spiro atoms. The Kier molecular flexibility index (Phi) is 8.26. The topological polar surface area (TPSA) is 94.5 Å². The van der Waals surface area contributed by atoms with E-state index in [2.05, 4.69) is 45.4 Å². The first-order valence-electron chi connectivity index (χ1n) is 12.9. The van der Waals surface area contributed by atoms with Gasteiger partial charge in [0.1, 0.15) is 11.8 Å². The van der Waals surface area contributed by atoms with E-state index < -0.39 is 24.3 Å². The lowest BCUT2D eigenvalue weighted by atomic mass is 9.70. The van der Waals surface area contributed by atoms with E-state index in [0.717, 1.165) is 19.3 Å². The smallest absolute Gasteiger partial charge is 0.467 e. The third kappa shape index (κ3) is 6.80. The molecule has 1 aliphatic rings. The molecule has 4 rings (SSSR count). The minimum Gasteiger partial charge on any atom is -0.467 e. The molecule has 1 heterocycles. The second-order valence-electron chi connectivity index (χ2n) is 11.1. The van der Waals surface area contributed by atoms with Gasteiger partial charge >= 0.3 is 12.3 Å². The minimum atomic E-state index is -4.79. The van der Waals surface area contributed by atoms with Gasteiger partial charge in [-0.25, -0.2) is 9.78 Å². The van der Waals surface area contributed by atoms with Crippen LogP contribution in [0.15, 0.2) is 36.4 Å². The Hall–Kier alpha value is -3.47. The lowest BCUT2D eigenvalue weighted by Crippen LogP contribution is -2.39. The summed E-state index contributed by atoms with van der Waals surface area (Å²) in [5.41, 5.74) is 1.92. The van der Waals surface area contributed by atoms with E-state index in [1.807, 2.05) is 0 Å². The van der Waals surface area contributed by atoms with Crippen molar-refractivity contribution >= 4 is 46.1 Å². The number of esters is 1. The van der Waals surface area contributed by atoms with Gasteiger partial charge in [0.05, 0.1) is 28.7 Å². The molecule has 1 aliphatic carbocycles. The van der Waals surface area contributed by atoms with Crippen LogP contribution >= 0.6 is 11.6 Å². The number of methoxy groups -OCH3 is 1. The first-order valence-corrected chi connectivity index (χ1v) is 13.3. The van der Waals surface area contributed by atoms with E-state index in [1.54, 1.807) is 12.1 Å². The number of alkyl halides is 3. The molecular weight excluding hydrogens is 549 g/mol. The minimum absolute atomic E-state index is 0.0502. The van der Waals surface area contributed by atoms with Gasteiger partial charge in [-0.1, -0.05) is 32.4 Å². The second kappa shape index (κ2) is 11.2. The highest BCUT2D eigenvalue weighted by molar-refractivity contribution is 6.34. The zero-order chi connectivity index (χ0) is 29.4. The molecule has 1 fully saturated rings. The van der Waals surface area contributed by atoms with Crippen LogP contribution in [0.5, 0.6) is 5.75 Å². The molecule has 0 saturated heterocycles. The SMILES string of the molecule is COC(=O)[C@H](C)NC(=O)c1cc2nc(Nc3ccc(OC(F)(F)F)cc3)n(C3C[C@H](C)CC(C)(C)C3)c2cc1Cl. The summed E-state index contributed by atoms with van der Waals surface area (Å²) in [5, 5.41) is 5.99. The van der Waals surface area contributed by atoms with Gasteiger partial charge in [-0.15, -0.1) is 13.2 Å². The Labute approximate surface area is 235 Å². The number of benzene rings is 2. The van der Waals surface area contributed by atoms with Gasteiger partial charge in [0, 0.05) is 11.7 Å². The number of nitrogens with one attached hydrogen (secondary N) is 2. The van der Waals surface area contributed by atoms with E-state index in [-0.39, 0.29) is 27.8 Å². The van der Waals surface area contributed by atoms with Crippen molar-refractivity contribution in [3.05, 3.63) is 47.0 Å². The summed E-state index contributed by atoms with van der Waals surface area (Å²) in [7, 11) is 1.23. The predicted octanol–water partition coefficient (Wildman–Crippen LogP) is 7.01. The Morgan fingerprint density at radius 3 is 2.45 bits per heavy atom. The molecule has 3 atom stereocenters. The summed E-state index contributed by atoms with van der Waals surface area (Å²) in [6, 6.07) is 7.79. The molecule has 1 saturated carbocycles. The number of hydrogen-bond donors (Lipinski definition) is 2. The molecule has 0 bridgehead atoms. The maximum absolute atomic E-state index is 12.9. The highest BCUT2D eigenvalue weighted by Gasteiger charge is 2.35. The molecule has 1 aromatic heterocycles. The van der Waals surface area contributed by atoms with E-state index >= 15 is 0 Å². The van der Waals surface area contributed by atoms with Crippen molar-refractivity contribution in [1.29, 1.82) is 0 Å². The van der Waals surface area contributed by atoms with E-state index in [1.165, 1.54) is 38.3 Å². The molecule has 1 amide bonds. The van der Waals surface area contributed by atoms with Gasteiger partial charge < -0.3 is 24.7 Å². The van der Waals surface area contributed by atoms with Crippen LogP contribution in [-0.2, 0) is 9.53 Å². The molecule has 0 radical (unpaired) electrons. The number of amides is 1. The van der Waals surface area contributed by atoms with Gasteiger partial charge in [-0.2, -0.15) is 0 Å². The summed E-state index contributed by atoms with van der Waals surface area (Å²) in [5.74, 6) is -0.578. The molecule has 12 heteroatoms. The number of anilines is 2. The summed E-state index contributed by atoms with van der Waals surface area (Å²) in [6.07, 6.45) is -1.96. The van der Waals surface area contributed by atoms with Crippen molar-refractivity contribution in [3.8, 4) is 5.75 Å². The molecule has 0 aliphatic heterocycles. The first-order chi connectivity index (χ1) is 18.7. The highest BCUT2D eigenvalue weighted by Crippen LogP contribution is 2.46. The van der Waals surface area contributed by atoms with Crippen LogP contribution in [-0.4, -0.2) is 40.9 Å². The number of halogens is 4. The number of hydrogen-bond acceptors (Lipinski definition) is 6. The quantitative estimate of drug-likeness (QED) is 0.292. The predicted molar refractivity (Wildman–Crippen MR) is 146 cm³/mol. The van der Waals surface area contributed by atoms with Crippen molar-refractivity contribution in [2.24, 2.45) is 11.3 Å². The van der Waals surface area contributed by atoms with Crippen molar-refractivity contribution in [2.45, 2.75) is 65.4 Å². The fourth-order valence-electron chi connectivity index (χ4n) is 5.62. The Balaban J connectivity index is 1.75. The van der Waals surface area contributed by atoms with Gasteiger partial charge in [-0.05, 0) is 73.9 Å². The Morgan fingerprint density at radius 1 is 1.18 bits per heavy atom. The fraction of sp³-hybridized carbons (Fsp3) is 0.464. The normalized spacial score (nSPS) is 19.6. The fourth-order valence-corrected chi connectivity index (χ4v) is 5.86. The van der Waals surface area contributed by atoms with Crippen LogP contribution in [0, 0.1) is 11.3 Å². The third-order valence-electron chi connectivity index (χ3n) is 7.00. The number of carbonyl (C=O) groups excluding carboxylic acids is 2. The largest absolute Gasteiger partial charge is 0.573 e. The molecule has 2 aromatic carbocycles. The second-order valence-corrected chi connectivity index (χ2v) is 11.5. The Morgan fingerprint density at radius 2 is 1.85 bits per heavy atom. The molecule has 8 nitrogen and oxygen atoms in total. The van der Waals surface area contributed by atoms with E-state index in [4.69, 9.17) is 16.6 Å². The lowest BCUT2D eigenvalue weighted by molar-refractivity contribution is -0.274. The first kappa shape index (κ1) is 29.5. The number of imidazole rings is 1. The number of fused-ring (bicyclic) bond motifs is 1. The van der Waals surface area contributed by atoms with Crippen molar-refractivity contribution in [2.75, 3.05) is 12.4 Å². The highest BCUT2D eigenvalue weighted by atomic mass is 35.5. The Bertz CT molecular complexity index is 1410. The van der Waals surface area contributed by atoms with E-state index in [0.29, 0.717) is 28.6 Å². The average Bonchev–Trinajstić information content (AvgIpc) is 3.18. The van der Waals surface area contributed by atoms with Crippen LogP contribution < -0.4 is 15.4 Å². The monoisotopic (exact) mass is 580 g/mol. The number of rotatable bonds is 7. The molecule has 216 valence electrons. The van der Waals surface area contributed by atoms with Crippen molar-refractivity contribution in [3.63, 3.8) is 0 Å².